The van der Waals surface area contributed by atoms with Crippen LogP contribution < -0.4 is 0 Å². The van der Waals surface area contributed by atoms with Crippen LogP contribution in [0.1, 0.15) is 129 Å². The molecule has 0 aromatic carbocycles. The molecular formula is C27H46O5. The first kappa shape index (κ1) is 28.5. The molecule has 1 fully saturated rings. The quantitative estimate of drug-likeness (QED) is 0.0953. The van der Waals surface area contributed by atoms with Crippen LogP contribution in [0.4, 0.5) is 0 Å². The highest BCUT2D eigenvalue weighted by molar-refractivity contribution is 5.69. The monoisotopic (exact) mass is 450 g/mol. The maximum atomic E-state index is 11.5. The highest BCUT2D eigenvalue weighted by Crippen LogP contribution is 2.43. The standard InChI is InChI=1S/C27H46O5/c1-3-5-6-7-8-9-10-11-12-13-14-16-22-27(23-17-15-20-25(28)29)24(32-27)19-18-21-26(30)31-4-2/h24H,3-15,17-21,23H2,1-2H3,(H,28,29). The van der Waals surface area contributed by atoms with Crippen LogP contribution in [-0.4, -0.2) is 35.4 Å². The molecule has 1 saturated heterocycles. The van der Waals surface area contributed by atoms with E-state index < -0.39 is 11.6 Å². The van der Waals surface area contributed by atoms with Gasteiger partial charge in [-0.1, -0.05) is 70.6 Å². The molecule has 0 spiro atoms. The van der Waals surface area contributed by atoms with E-state index in [0.717, 1.165) is 38.5 Å². The fourth-order valence-corrected chi connectivity index (χ4v) is 4.15. The largest absolute Gasteiger partial charge is 0.481 e. The van der Waals surface area contributed by atoms with Gasteiger partial charge in [0.15, 0.2) is 5.60 Å². The summed E-state index contributed by atoms with van der Waals surface area (Å²) in [6, 6.07) is 0. The molecule has 0 saturated carbocycles. The van der Waals surface area contributed by atoms with Gasteiger partial charge < -0.3 is 14.6 Å². The molecule has 0 bridgehead atoms. The van der Waals surface area contributed by atoms with Gasteiger partial charge in [0.25, 0.3) is 0 Å². The number of epoxide rings is 1. The van der Waals surface area contributed by atoms with E-state index in [1.54, 1.807) is 0 Å². The van der Waals surface area contributed by atoms with Crippen molar-refractivity contribution >= 4 is 11.9 Å². The molecule has 2 atom stereocenters. The average Bonchev–Trinajstić information content (AvgIpc) is 3.44. The molecule has 0 amide bonds. The fraction of sp³-hybridized carbons (Fsp3) is 0.852. The minimum atomic E-state index is -0.756. The van der Waals surface area contributed by atoms with Crippen molar-refractivity contribution in [3.63, 3.8) is 0 Å². The Kier molecular flexibility index (Phi) is 16.0. The van der Waals surface area contributed by atoms with Crippen molar-refractivity contribution in [2.75, 3.05) is 6.61 Å². The highest BCUT2D eigenvalue weighted by atomic mass is 16.6. The zero-order valence-corrected chi connectivity index (χ0v) is 20.6. The van der Waals surface area contributed by atoms with Gasteiger partial charge >= 0.3 is 11.9 Å². The number of esters is 1. The van der Waals surface area contributed by atoms with Crippen LogP contribution in [0.5, 0.6) is 0 Å². The molecule has 0 aromatic rings. The number of carboxylic acid groups (broad SMARTS) is 1. The summed E-state index contributed by atoms with van der Waals surface area (Å²) in [5.74, 6) is 5.78. The van der Waals surface area contributed by atoms with E-state index in [9.17, 15) is 9.59 Å². The number of unbranched alkanes of at least 4 members (excludes halogenated alkanes) is 11. The molecule has 1 aliphatic rings. The van der Waals surface area contributed by atoms with Crippen LogP contribution in [-0.2, 0) is 19.1 Å². The third-order valence-electron chi connectivity index (χ3n) is 6.11. The molecule has 0 aliphatic carbocycles. The maximum Gasteiger partial charge on any atom is 0.305 e. The van der Waals surface area contributed by atoms with Crippen molar-refractivity contribution in [3.8, 4) is 11.8 Å². The van der Waals surface area contributed by atoms with E-state index in [1.165, 1.54) is 57.8 Å². The number of aliphatic carboxylic acids is 1. The van der Waals surface area contributed by atoms with Crippen LogP contribution in [0, 0.1) is 11.8 Å². The van der Waals surface area contributed by atoms with E-state index in [0.29, 0.717) is 19.4 Å². The minimum absolute atomic E-state index is 0.0574. The molecule has 0 aromatic heterocycles. The summed E-state index contributed by atoms with van der Waals surface area (Å²) in [5.41, 5.74) is -0.425. The molecule has 5 heteroatoms. The summed E-state index contributed by atoms with van der Waals surface area (Å²) >= 11 is 0. The average molecular weight is 451 g/mol. The second-order valence-corrected chi connectivity index (χ2v) is 9.03. The van der Waals surface area contributed by atoms with Crippen molar-refractivity contribution in [1.29, 1.82) is 0 Å². The van der Waals surface area contributed by atoms with Crippen molar-refractivity contribution in [3.05, 3.63) is 0 Å². The Morgan fingerprint density at radius 2 is 1.53 bits per heavy atom. The Bertz CT molecular complexity index is 576. The number of hydrogen-bond acceptors (Lipinski definition) is 4. The molecule has 2 unspecified atom stereocenters. The molecule has 184 valence electrons. The van der Waals surface area contributed by atoms with Gasteiger partial charge in [-0.2, -0.15) is 0 Å². The van der Waals surface area contributed by atoms with Crippen molar-refractivity contribution in [2.45, 2.75) is 141 Å². The van der Waals surface area contributed by atoms with Gasteiger partial charge in [-0.15, -0.1) is 5.92 Å². The summed E-state index contributed by atoms with van der Waals surface area (Å²) in [7, 11) is 0. The fourth-order valence-electron chi connectivity index (χ4n) is 4.15. The summed E-state index contributed by atoms with van der Waals surface area (Å²) in [5, 5.41) is 8.85. The zero-order valence-electron chi connectivity index (χ0n) is 20.6. The lowest BCUT2D eigenvalue weighted by Crippen LogP contribution is -2.14. The van der Waals surface area contributed by atoms with Gasteiger partial charge in [0.2, 0.25) is 0 Å². The lowest BCUT2D eigenvalue weighted by Gasteiger charge is -2.06. The van der Waals surface area contributed by atoms with Crippen LogP contribution in [0.3, 0.4) is 0 Å². The van der Waals surface area contributed by atoms with Gasteiger partial charge in [-0.25, -0.2) is 0 Å². The molecule has 1 aliphatic heterocycles. The lowest BCUT2D eigenvalue weighted by atomic mass is 9.94. The molecule has 5 nitrogen and oxygen atoms in total. The van der Waals surface area contributed by atoms with Gasteiger partial charge in [0, 0.05) is 19.3 Å². The SMILES string of the molecule is CCCCCCCCCCCCC#CC1(CCCCC(=O)O)OC1CCCC(=O)OCC. The topological polar surface area (TPSA) is 76.1 Å². The van der Waals surface area contributed by atoms with E-state index in [4.69, 9.17) is 14.6 Å². The number of ether oxygens (including phenoxy) is 2. The number of carbonyl (C=O) groups is 2. The number of carboxylic acids is 1. The second-order valence-electron chi connectivity index (χ2n) is 9.03. The molecule has 0 radical (unpaired) electrons. The Morgan fingerprint density at radius 3 is 2.16 bits per heavy atom. The van der Waals surface area contributed by atoms with Gasteiger partial charge in [-0.05, 0) is 45.4 Å². The molecular weight excluding hydrogens is 404 g/mol. The number of hydrogen-bond donors (Lipinski definition) is 1. The Labute approximate surface area is 196 Å². The zero-order chi connectivity index (χ0) is 23.5. The highest BCUT2D eigenvalue weighted by Gasteiger charge is 2.54. The van der Waals surface area contributed by atoms with Crippen LogP contribution >= 0.6 is 0 Å². The third-order valence-corrected chi connectivity index (χ3v) is 6.11. The molecule has 32 heavy (non-hydrogen) atoms. The predicted molar refractivity (Wildman–Crippen MR) is 128 cm³/mol. The van der Waals surface area contributed by atoms with E-state index in [-0.39, 0.29) is 18.5 Å². The predicted octanol–water partition coefficient (Wildman–Crippen LogP) is 6.82. The second kappa shape index (κ2) is 18.0. The van der Waals surface area contributed by atoms with Crippen molar-refractivity contribution in [2.24, 2.45) is 0 Å². The first-order chi connectivity index (χ1) is 15.5. The normalized spacial score (nSPS) is 19.2. The van der Waals surface area contributed by atoms with Gasteiger partial charge in [-0.3, -0.25) is 9.59 Å². The van der Waals surface area contributed by atoms with Gasteiger partial charge in [0.05, 0.1) is 12.7 Å². The maximum absolute atomic E-state index is 11.5. The summed E-state index contributed by atoms with van der Waals surface area (Å²) < 4.78 is 11.0. The Morgan fingerprint density at radius 1 is 0.875 bits per heavy atom. The first-order valence-corrected chi connectivity index (χ1v) is 13.1. The van der Waals surface area contributed by atoms with Crippen LogP contribution in [0.2, 0.25) is 0 Å². The third kappa shape index (κ3) is 13.8. The van der Waals surface area contributed by atoms with E-state index in [1.807, 2.05) is 6.92 Å². The van der Waals surface area contributed by atoms with Crippen molar-refractivity contribution in [1.82, 2.24) is 0 Å². The molecule has 1 rings (SSSR count). The van der Waals surface area contributed by atoms with Crippen LogP contribution in [0.15, 0.2) is 0 Å². The Balaban J connectivity index is 2.26. The summed E-state index contributed by atoms with van der Waals surface area (Å²) in [6.07, 6.45) is 18.5. The van der Waals surface area contributed by atoms with Gasteiger partial charge in [0.1, 0.15) is 0 Å². The smallest absolute Gasteiger partial charge is 0.305 e. The summed E-state index contributed by atoms with van der Waals surface area (Å²) in [4.78, 5) is 22.3. The number of rotatable bonds is 20. The summed E-state index contributed by atoms with van der Waals surface area (Å²) in [6.45, 7) is 4.48. The first-order valence-electron chi connectivity index (χ1n) is 13.1. The minimum Gasteiger partial charge on any atom is -0.481 e. The Hall–Kier alpha value is -1.54. The van der Waals surface area contributed by atoms with E-state index >= 15 is 0 Å². The molecule has 1 N–H and O–H groups in total. The molecule has 1 heterocycles. The van der Waals surface area contributed by atoms with Crippen LogP contribution in [0.25, 0.3) is 0 Å². The lowest BCUT2D eigenvalue weighted by molar-refractivity contribution is -0.143. The van der Waals surface area contributed by atoms with Crippen molar-refractivity contribution < 1.29 is 24.2 Å². The number of carbonyl (C=O) groups excluding carboxylic acids is 1. The van der Waals surface area contributed by atoms with E-state index in [2.05, 4.69) is 18.8 Å².